The molecule has 0 radical (unpaired) electrons. The molecule has 0 aliphatic heterocycles. The molecule has 0 heterocycles. The predicted octanol–water partition coefficient (Wildman–Crippen LogP) is 2.15. The molecule has 0 fully saturated rings. The highest BCUT2D eigenvalue weighted by Crippen LogP contribution is 2.06. The summed E-state index contributed by atoms with van der Waals surface area (Å²) in [6.07, 6.45) is 0. The van der Waals surface area contributed by atoms with Crippen LogP contribution in [0.5, 0.6) is 0 Å². The fraction of sp³-hybridized carbons (Fsp3) is 1.00. The lowest BCUT2D eigenvalue weighted by atomic mass is 10.2. The maximum Gasteiger partial charge on any atom is 0.102 e. The summed E-state index contributed by atoms with van der Waals surface area (Å²) in [6.45, 7) is 6.07. The van der Waals surface area contributed by atoms with Crippen LogP contribution < -0.4 is 0 Å². The Kier molecular flexibility index (Phi) is 2.84. The standard InChI is InChI=1S/C5H11BrO/c1-5(2,3)7-4-6/h4H2,1-3H3. The van der Waals surface area contributed by atoms with Crippen molar-refractivity contribution >= 4 is 15.9 Å². The van der Waals surface area contributed by atoms with Gasteiger partial charge in [0.05, 0.1) is 5.60 Å². The SMILES string of the molecule is CC(C)(C)OCBr. The summed E-state index contributed by atoms with van der Waals surface area (Å²) in [4.78, 5) is 0. The summed E-state index contributed by atoms with van der Waals surface area (Å²) in [5, 5.41) is 0. The van der Waals surface area contributed by atoms with Gasteiger partial charge in [0.25, 0.3) is 0 Å². The van der Waals surface area contributed by atoms with Gasteiger partial charge < -0.3 is 4.74 Å². The largest absolute Gasteiger partial charge is 0.365 e. The van der Waals surface area contributed by atoms with Crippen LogP contribution in [0.2, 0.25) is 0 Å². The Bertz CT molecular complexity index is 46.5. The van der Waals surface area contributed by atoms with Crippen LogP contribution in [0.1, 0.15) is 20.8 Å². The molecule has 0 amide bonds. The predicted molar refractivity (Wildman–Crippen MR) is 34.6 cm³/mol. The van der Waals surface area contributed by atoms with Crippen LogP contribution in [-0.2, 0) is 4.74 Å². The third-order valence-electron chi connectivity index (χ3n) is 0.488. The molecule has 7 heavy (non-hydrogen) atoms. The van der Waals surface area contributed by atoms with Crippen LogP contribution >= 0.6 is 15.9 Å². The number of rotatable bonds is 1. The van der Waals surface area contributed by atoms with Gasteiger partial charge in [-0.25, -0.2) is 0 Å². The molecule has 0 rings (SSSR count). The van der Waals surface area contributed by atoms with E-state index in [0.717, 1.165) is 0 Å². The van der Waals surface area contributed by atoms with E-state index in [9.17, 15) is 0 Å². The third kappa shape index (κ3) is 6.44. The van der Waals surface area contributed by atoms with Crippen LogP contribution in [0.25, 0.3) is 0 Å². The number of halogens is 1. The highest BCUT2D eigenvalue weighted by atomic mass is 79.9. The Morgan fingerprint density at radius 2 is 1.86 bits per heavy atom. The average Bonchev–Trinajstić information content (AvgIpc) is 1.30. The molecule has 0 aliphatic rings. The minimum Gasteiger partial charge on any atom is -0.365 e. The summed E-state index contributed by atoms with van der Waals surface area (Å²) in [5.74, 6) is 0. The second kappa shape index (κ2) is 2.68. The monoisotopic (exact) mass is 166 g/mol. The number of hydrogen-bond donors (Lipinski definition) is 0. The normalized spacial score (nSPS) is 12.0. The van der Waals surface area contributed by atoms with E-state index < -0.39 is 0 Å². The Balaban J connectivity index is 3.15. The maximum absolute atomic E-state index is 5.15. The molecule has 0 N–H and O–H groups in total. The number of alkyl halides is 1. The zero-order valence-electron chi connectivity index (χ0n) is 4.99. The smallest absolute Gasteiger partial charge is 0.102 e. The number of hydrogen-bond acceptors (Lipinski definition) is 1. The lowest BCUT2D eigenvalue weighted by Gasteiger charge is -2.16. The van der Waals surface area contributed by atoms with E-state index in [1.54, 1.807) is 0 Å². The van der Waals surface area contributed by atoms with Crippen molar-refractivity contribution in [3.63, 3.8) is 0 Å². The van der Waals surface area contributed by atoms with Crippen molar-refractivity contribution in [1.82, 2.24) is 0 Å². The lowest BCUT2D eigenvalue weighted by molar-refractivity contribution is 0.0311. The second-order valence-corrected chi connectivity index (χ2v) is 2.82. The van der Waals surface area contributed by atoms with Crippen molar-refractivity contribution in [3.8, 4) is 0 Å². The molecule has 2 heteroatoms. The topological polar surface area (TPSA) is 9.23 Å². The minimum absolute atomic E-state index is 0.00347. The number of ether oxygens (including phenoxy) is 1. The van der Waals surface area contributed by atoms with Crippen LogP contribution in [0.3, 0.4) is 0 Å². The lowest BCUT2D eigenvalue weighted by Crippen LogP contribution is -2.17. The fourth-order valence-electron chi connectivity index (χ4n) is 0.164. The Morgan fingerprint density at radius 3 is 1.86 bits per heavy atom. The van der Waals surface area contributed by atoms with E-state index in [0.29, 0.717) is 5.52 Å². The van der Waals surface area contributed by atoms with Crippen LogP contribution in [0.15, 0.2) is 0 Å². The van der Waals surface area contributed by atoms with Crippen molar-refractivity contribution in [2.45, 2.75) is 26.4 Å². The molecule has 44 valence electrons. The van der Waals surface area contributed by atoms with Gasteiger partial charge in [0, 0.05) is 0 Å². The first-order valence-corrected chi connectivity index (χ1v) is 3.38. The van der Waals surface area contributed by atoms with Crippen molar-refractivity contribution in [1.29, 1.82) is 0 Å². The van der Waals surface area contributed by atoms with E-state index in [-0.39, 0.29) is 5.60 Å². The van der Waals surface area contributed by atoms with E-state index >= 15 is 0 Å². The minimum atomic E-state index is 0.00347. The first kappa shape index (κ1) is 7.44. The van der Waals surface area contributed by atoms with Crippen LogP contribution in [0.4, 0.5) is 0 Å². The van der Waals surface area contributed by atoms with Crippen molar-refractivity contribution in [2.24, 2.45) is 0 Å². The summed E-state index contributed by atoms with van der Waals surface area (Å²) in [5.41, 5.74) is 0.625. The van der Waals surface area contributed by atoms with Gasteiger partial charge in [0.15, 0.2) is 0 Å². The summed E-state index contributed by atoms with van der Waals surface area (Å²) in [7, 11) is 0. The van der Waals surface area contributed by atoms with Crippen LogP contribution in [-0.4, -0.2) is 11.1 Å². The van der Waals surface area contributed by atoms with E-state index in [1.165, 1.54) is 0 Å². The Morgan fingerprint density at radius 1 is 1.43 bits per heavy atom. The van der Waals surface area contributed by atoms with Gasteiger partial charge in [-0.05, 0) is 20.8 Å². The van der Waals surface area contributed by atoms with Gasteiger partial charge in [-0.1, -0.05) is 15.9 Å². The zero-order valence-corrected chi connectivity index (χ0v) is 6.58. The molecule has 0 atom stereocenters. The Hall–Kier alpha value is 0.440. The van der Waals surface area contributed by atoms with Gasteiger partial charge in [-0.3, -0.25) is 0 Å². The van der Waals surface area contributed by atoms with Gasteiger partial charge in [0.2, 0.25) is 0 Å². The zero-order chi connectivity index (χ0) is 5.91. The molecule has 0 aromatic rings. The summed E-state index contributed by atoms with van der Waals surface area (Å²) >= 11 is 3.16. The van der Waals surface area contributed by atoms with Crippen molar-refractivity contribution < 1.29 is 4.74 Å². The summed E-state index contributed by atoms with van der Waals surface area (Å²) in [6, 6.07) is 0. The van der Waals surface area contributed by atoms with Gasteiger partial charge in [-0.2, -0.15) is 0 Å². The molecule has 0 aliphatic carbocycles. The van der Waals surface area contributed by atoms with E-state index in [2.05, 4.69) is 15.9 Å². The average molecular weight is 167 g/mol. The quantitative estimate of drug-likeness (QED) is 0.543. The van der Waals surface area contributed by atoms with Crippen molar-refractivity contribution in [3.05, 3.63) is 0 Å². The first-order valence-electron chi connectivity index (χ1n) is 2.26. The molecule has 0 bridgehead atoms. The molecular weight excluding hydrogens is 156 g/mol. The highest BCUT2D eigenvalue weighted by Gasteiger charge is 2.06. The molecule has 0 unspecified atom stereocenters. The van der Waals surface area contributed by atoms with Crippen LogP contribution in [0, 0.1) is 0 Å². The molecule has 0 spiro atoms. The van der Waals surface area contributed by atoms with Crippen molar-refractivity contribution in [2.75, 3.05) is 5.52 Å². The second-order valence-electron chi connectivity index (χ2n) is 2.37. The van der Waals surface area contributed by atoms with E-state index in [4.69, 9.17) is 4.74 Å². The Labute approximate surface area is 53.2 Å². The van der Waals surface area contributed by atoms with Gasteiger partial charge >= 0.3 is 0 Å². The fourth-order valence-corrected chi connectivity index (χ4v) is 0.850. The highest BCUT2D eigenvalue weighted by molar-refractivity contribution is 9.09. The molecule has 0 aromatic heterocycles. The third-order valence-corrected chi connectivity index (χ3v) is 0.716. The molecule has 0 aromatic carbocycles. The maximum atomic E-state index is 5.15. The molecular formula is C5H11BrO. The molecule has 0 saturated carbocycles. The summed E-state index contributed by atoms with van der Waals surface area (Å²) < 4.78 is 5.15. The van der Waals surface area contributed by atoms with Gasteiger partial charge in [-0.15, -0.1) is 0 Å². The van der Waals surface area contributed by atoms with E-state index in [1.807, 2.05) is 20.8 Å². The molecule has 0 saturated heterocycles. The first-order chi connectivity index (χ1) is 3.06. The molecule has 1 nitrogen and oxygen atoms in total. The van der Waals surface area contributed by atoms with Gasteiger partial charge in [0.1, 0.15) is 5.52 Å².